The molecule has 0 nitrogen and oxygen atoms in total. The van der Waals surface area contributed by atoms with Crippen molar-refractivity contribution in [3.8, 4) is 33.4 Å². The molecular formula is C38H46. The summed E-state index contributed by atoms with van der Waals surface area (Å²) < 4.78 is 0. The van der Waals surface area contributed by atoms with Gasteiger partial charge in [0.1, 0.15) is 0 Å². The van der Waals surface area contributed by atoms with Crippen molar-refractivity contribution in [3.05, 3.63) is 107 Å². The minimum atomic E-state index is 1.03. The summed E-state index contributed by atoms with van der Waals surface area (Å²) in [6, 6.07) is 32.6. The topological polar surface area (TPSA) is 0 Å². The van der Waals surface area contributed by atoms with Crippen molar-refractivity contribution >= 4 is 0 Å². The van der Waals surface area contributed by atoms with E-state index in [0.717, 1.165) is 12.8 Å². The Morgan fingerprint density at radius 2 is 0.763 bits per heavy atom. The molecule has 4 aromatic rings. The third kappa shape index (κ3) is 7.04. The first-order valence-electron chi connectivity index (χ1n) is 15.1. The van der Waals surface area contributed by atoms with E-state index in [1.807, 2.05) is 0 Å². The zero-order valence-corrected chi connectivity index (χ0v) is 24.2. The lowest BCUT2D eigenvalue weighted by molar-refractivity contribution is 0.717. The van der Waals surface area contributed by atoms with Crippen molar-refractivity contribution in [2.75, 3.05) is 0 Å². The van der Waals surface area contributed by atoms with Gasteiger partial charge in [0.05, 0.1) is 0 Å². The summed E-state index contributed by atoms with van der Waals surface area (Å²) in [4.78, 5) is 0. The van der Waals surface area contributed by atoms with Gasteiger partial charge in [0, 0.05) is 0 Å². The van der Waals surface area contributed by atoms with E-state index < -0.39 is 0 Å². The molecule has 0 heteroatoms. The lowest BCUT2D eigenvalue weighted by atomic mass is 9.88. The molecule has 0 heterocycles. The van der Waals surface area contributed by atoms with Crippen molar-refractivity contribution < 1.29 is 0 Å². The van der Waals surface area contributed by atoms with E-state index in [-0.39, 0.29) is 0 Å². The lowest BCUT2D eigenvalue weighted by Crippen LogP contribution is -1.95. The summed E-state index contributed by atoms with van der Waals surface area (Å²) in [6.45, 7) is 9.09. The van der Waals surface area contributed by atoms with Crippen LogP contribution in [0.5, 0.6) is 0 Å². The standard InChI is InChI=1S/C38H46/c1-5-9-11-13-29-15-19-33(20-16-29)35-23-25-37(31(7-3)27-35)38-26-24-36(28-32(38)8-4)34-21-17-30(18-22-34)14-12-10-6-2/h15-28H,5-14H2,1-4H3. The van der Waals surface area contributed by atoms with Gasteiger partial charge >= 0.3 is 0 Å². The fraction of sp³-hybridized carbons (Fsp3) is 0.368. The molecule has 4 rings (SSSR count). The number of hydrogen-bond acceptors (Lipinski definition) is 0. The van der Waals surface area contributed by atoms with Crippen LogP contribution < -0.4 is 0 Å². The number of hydrogen-bond donors (Lipinski definition) is 0. The molecule has 0 spiro atoms. The molecule has 0 N–H and O–H groups in total. The van der Waals surface area contributed by atoms with Gasteiger partial charge in [-0.15, -0.1) is 0 Å². The lowest BCUT2D eigenvalue weighted by Gasteiger charge is -2.16. The minimum Gasteiger partial charge on any atom is -0.0654 e. The maximum atomic E-state index is 2.41. The Bertz CT molecular complexity index is 1170. The molecule has 0 amide bonds. The van der Waals surface area contributed by atoms with E-state index in [9.17, 15) is 0 Å². The normalized spacial score (nSPS) is 11.2. The van der Waals surface area contributed by atoms with Crippen molar-refractivity contribution in [2.24, 2.45) is 0 Å². The molecule has 0 bridgehead atoms. The van der Waals surface area contributed by atoms with Crippen LogP contribution >= 0.6 is 0 Å². The van der Waals surface area contributed by atoms with E-state index in [1.165, 1.54) is 107 Å². The monoisotopic (exact) mass is 502 g/mol. The maximum Gasteiger partial charge on any atom is -0.0149 e. The second-order valence-corrected chi connectivity index (χ2v) is 10.8. The second-order valence-electron chi connectivity index (χ2n) is 10.8. The Morgan fingerprint density at radius 1 is 0.395 bits per heavy atom. The first-order valence-corrected chi connectivity index (χ1v) is 15.1. The van der Waals surface area contributed by atoms with Crippen LogP contribution in [0.15, 0.2) is 84.9 Å². The summed E-state index contributed by atoms with van der Waals surface area (Å²) in [5, 5.41) is 0. The summed E-state index contributed by atoms with van der Waals surface area (Å²) in [5.74, 6) is 0. The SMILES string of the molecule is CCCCCc1ccc(-c2ccc(-c3ccc(-c4ccc(CCCCC)cc4)cc3CC)c(CC)c2)cc1. The highest BCUT2D eigenvalue weighted by molar-refractivity contribution is 5.78. The second kappa shape index (κ2) is 14.1. The summed E-state index contributed by atoms with van der Waals surface area (Å²) in [6.07, 6.45) is 12.2. The first-order chi connectivity index (χ1) is 18.7. The van der Waals surface area contributed by atoms with Gasteiger partial charge in [-0.05, 0) is 94.2 Å². The fourth-order valence-electron chi connectivity index (χ4n) is 5.54. The number of rotatable bonds is 13. The molecule has 0 aromatic heterocycles. The van der Waals surface area contributed by atoms with Crippen LogP contribution in [0, 0.1) is 0 Å². The van der Waals surface area contributed by atoms with Gasteiger partial charge in [0.25, 0.3) is 0 Å². The van der Waals surface area contributed by atoms with Gasteiger partial charge in [-0.2, -0.15) is 0 Å². The van der Waals surface area contributed by atoms with Gasteiger partial charge in [-0.1, -0.05) is 138 Å². The highest BCUT2D eigenvalue weighted by atomic mass is 14.2. The van der Waals surface area contributed by atoms with Gasteiger partial charge in [-0.25, -0.2) is 0 Å². The molecule has 4 aromatic carbocycles. The molecule has 38 heavy (non-hydrogen) atoms. The van der Waals surface area contributed by atoms with E-state index in [2.05, 4.69) is 113 Å². The maximum absolute atomic E-state index is 2.41. The Hall–Kier alpha value is -3.12. The van der Waals surface area contributed by atoms with Crippen molar-refractivity contribution in [3.63, 3.8) is 0 Å². The predicted molar refractivity (Wildman–Crippen MR) is 168 cm³/mol. The molecule has 0 saturated heterocycles. The molecule has 0 aliphatic rings. The van der Waals surface area contributed by atoms with Crippen LogP contribution in [0.25, 0.3) is 33.4 Å². The summed E-state index contributed by atoms with van der Waals surface area (Å²) in [7, 11) is 0. The van der Waals surface area contributed by atoms with Crippen LogP contribution in [0.2, 0.25) is 0 Å². The molecule has 198 valence electrons. The number of unbranched alkanes of at least 4 members (excludes halogenated alkanes) is 4. The average Bonchev–Trinajstić information content (AvgIpc) is 2.97. The number of aryl methyl sites for hydroxylation is 4. The van der Waals surface area contributed by atoms with Gasteiger partial charge in [0.2, 0.25) is 0 Å². The van der Waals surface area contributed by atoms with Crippen LogP contribution in [0.3, 0.4) is 0 Å². The first kappa shape index (κ1) is 27.9. The van der Waals surface area contributed by atoms with E-state index >= 15 is 0 Å². The van der Waals surface area contributed by atoms with Gasteiger partial charge in [-0.3, -0.25) is 0 Å². The Balaban J connectivity index is 1.56. The molecule has 0 atom stereocenters. The Morgan fingerprint density at radius 3 is 1.11 bits per heavy atom. The fourth-order valence-corrected chi connectivity index (χ4v) is 5.54. The molecule has 0 aliphatic carbocycles. The molecule has 0 unspecified atom stereocenters. The minimum absolute atomic E-state index is 1.03. The summed E-state index contributed by atoms with van der Waals surface area (Å²) in [5.41, 5.74) is 13.8. The Labute approximate surface area is 232 Å². The smallest absolute Gasteiger partial charge is 0.0149 e. The quantitative estimate of drug-likeness (QED) is 0.159. The number of benzene rings is 4. The zero-order valence-electron chi connectivity index (χ0n) is 24.2. The molecular weight excluding hydrogens is 456 g/mol. The average molecular weight is 503 g/mol. The molecule has 0 saturated carbocycles. The van der Waals surface area contributed by atoms with Crippen molar-refractivity contribution in [2.45, 2.75) is 91.9 Å². The van der Waals surface area contributed by atoms with Crippen molar-refractivity contribution in [1.82, 2.24) is 0 Å². The third-order valence-electron chi connectivity index (χ3n) is 7.98. The van der Waals surface area contributed by atoms with E-state index in [1.54, 1.807) is 0 Å². The largest absolute Gasteiger partial charge is 0.0654 e. The Kier molecular flexibility index (Phi) is 10.4. The van der Waals surface area contributed by atoms with Crippen LogP contribution in [-0.2, 0) is 25.7 Å². The summed E-state index contributed by atoms with van der Waals surface area (Å²) >= 11 is 0. The molecule has 0 aliphatic heterocycles. The highest BCUT2D eigenvalue weighted by Gasteiger charge is 2.12. The van der Waals surface area contributed by atoms with Crippen molar-refractivity contribution in [1.29, 1.82) is 0 Å². The van der Waals surface area contributed by atoms with Crippen LogP contribution in [0.4, 0.5) is 0 Å². The van der Waals surface area contributed by atoms with Crippen LogP contribution in [-0.4, -0.2) is 0 Å². The van der Waals surface area contributed by atoms with E-state index in [4.69, 9.17) is 0 Å². The molecule has 0 fully saturated rings. The predicted octanol–water partition coefficient (Wildman–Crippen LogP) is 11.3. The zero-order chi connectivity index (χ0) is 26.7. The third-order valence-corrected chi connectivity index (χ3v) is 7.98. The van der Waals surface area contributed by atoms with E-state index in [0.29, 0.717) is 0 Å². The van der Waals surface area contributed by atoms with Gasteiger partial charge < -0.3 is 0 Å². The molecule has 0 radical (unpaired) electrons. The highest BCUT2D eigenvalue weighted by Crippen LogP contribution is 2.34. The van der Waals surface area contributed by atoms with Crippen LogP contribution in [0.1, 0.15) is 88.5 Å². The van der Waals surface area contributed by atoms with Gasteiger partial charge in [0.15, 0.2) is 0 Å².